The van der Waals surface area contributed by atoms with E-state index in [9.17, 15) is 0 Å². The highest BCUT2D eigenvalue weighted by Gasteiger charge is 2.49. The third kappa shape index (κ3) is 4.59. The summed E-state index contributed by atoms with van der Waals surface area (Å²) in [5.74, 6) is 0. The van der Waals surface area contributed by atoms with Gasteiger partial charge in [-0.2, -0.15) is 0 Å². The number of rotatable bonds is 8. The minimum absolute atomic E-state index is 0.0483. The van der Waals surface area contributed by atoms with Crippen LogP contribution in [0.1, 0.15) is 33.6 Å². The first-order valence-electron chi connectivity index (χ1n) is 9.05. The smallest absolute Gasteiger partial charge is 0.261 e. The summed E-state index contributed by atoms with van der Waals surface area (Å²) in [7, 11) is -2.36. The summed E-state index contributed by atoms with van der Waals surface area (Å²) in [5, 5.41) is 2.73. The summed E-state index contributed by atoms with van der Waals surface area (Å²) in [4.78, 5) is 0. The molecule has 0 atom stereocenters. The van der Waals surface area contributed by atoms with Gasteiger partial charge in [-0.3, -0.25) is 0 Å². The maximum Gasteiger partial charge on any atom is 0.261 e. The number of unbranched alkanes of at least 4 members (excludes halogenated alkanes) is 1. The van der Waals surface area contributed by atoms with Crippen LogP contribution in [-0.2, 0) is 4.43 Å². The van der Waals surface area contributed by atoms with Crippen molar-refractivity contribution in [1.82, 2.24) is 0 Å². The van der Waals surface area contributed by atoms with Gasteiger partial charge in [0.05, 0.1) is 0 Å². The van der Waals surface area contributed by atoms with Crippen molar-refractivity contribution in [1.29, 1.82) is 0 Å². The molecule has 0 saturated heterocycles. The molecule has 0 aliphatic heterocycles. The van der Waals surface area contributed by atoms with E-state index in [2.05, 4.69) is 94.1 Å². The molecule has 0 unspecified atom stereocenters. The zero-order valence-electron chi connectivity index (χ0n) is 15.7. The molecule has 2 aromatic carbocycles. The third-order valence-corrected chi connectivity index (χ3v) is 9.56. The molecule has 0 aliphatic rings. The second-order valence-corrected chi connectivity index (χ2v) is 11.6. The molecule has 1 nitrogen and oxygen atoms in total. The number of benzene rings is 2. The van der Waals surface area contributed by atoms with E-state index < -0.39 is 8.32 Å². The van der Waals surface area contributed by atoms with Crippen LogP contribution in [0.5, 0.6) is 0 Å². The first-order chi connectivity index (χ1) is 12.0. The Labute approximate surface area is 154 Å². The molecule has 0 aromatic heterocycles. The van der Waals surface area contributed by atoms with Crippen molar-refractivity contribution in [2.75, 3.05) is 6.61 Å². The maximum absolute atomic E-state index is 6.83. The first kappa shape index (κ1) is 19.4. The summed E-state index contributed by atoms with van der Waals surface area (Å²) in [6, 6.07) is 21.6. The van der Waals surface area contributed by atoms with Crippen LogP contribution in [0.15, 0.2) is 85.5 Å². The fourth-order valence-corrected chi connectivity index (χ4v) is 7.99. The third-order valence-electron chi connectivity index (χ3n) is 4.52. The van der Waals surface area contributed by atoms with E-state index in [4.69, 9.17) is 4.43 Å². The van der Waals surface area contributed by atoms with Crippen LogP contribution in [0.2, 0.25) is 5.04 Å². The van der Waals surface area contributed by atoms with Crippen molar-refractivity contribution in [2.45, 2.75) is 38.7 Å². The number of hydrogen-bond donors (Lipinski definition) is 0. The minimum Gasteiger partial charge on any atom is -0.407 e. The summed E-state index contributed by atoms with van der Waals surface area (Å²) in [6.07, 6.45) is 8.02. The Balaban J connectivity index is 2.39. The van der Waals surface area contributed by atoms with Crippen LogP contribution in [0.3, 0.4) is 0 Å². The summed E-state index contributed by atoms with van der Waals surface area (Å²) >= 11 is 0. The molecule has 0 saturated carbocycles. The molecular formula is C23H30OSi. The Bertz CT molecular complexity index is 629. The fraction of sp³-hybridized carbons (Fsp3) is 0.304. The monoisotopic (exact) mass is 350 g/mol. The lowest BCUT2D eigenvalue weighted by molar-refractivity contribution is 0.293. The Morgan fingerprint density at radius 2 is 1.44 bits per heavy atom. The van der Waals surface area contributed by atoms with E-state index in [1.165, 1.54) is 10.4 Å². The summed E-state index contributed by atoms with van der Waals surface area (Å²) < 4.78 is 6.83. The Morgan fingerprint density at radius 3 is 1.88 bits per heavy atom. The molecule has 25 heavy (non-hydrogen) atoms. The fourth-order valence-electron chi connectivity index (χ4n) is 3.38. The molecule has 0 radical (unpaired) electrons. The van der Waals surface area contributed by atoms with Crippen LogP contribution in [0, 0.1) is 0 Å². The highest BCUT2D eigenvalue weighted by Crippen LogP contribution is 2.36. The van der Waals surface area contributed by atoms with E-state index in [0.717, 1.165) is 19.4 Å². The standard InChI is InChI=1S/C23H30OSi/c1-5-6-7-8-15-20-24-25(23(2,3)4,21-16-11-9-12-17-21)22-18-13-10-14-19-22/h5-7,9-14,16-19H,1,8,15,20H2,2-4H3/b7-6+. The Kier molecular flexibility index (Phi) is 6.98. The van der Waals surface area contributed by atoms with Crippen molar-refractivity contribution in [3.05, 3.63) is 85.5 Å². The van der Waals surface area contributed by atoms with Crippen molar-refractivity contribution >= 4 is 18.7 Å². The van der Waals surface area contributed by atoms with E-state index in [1.54, 1.807) is 0 Å². The normalized spacial score (nSPS) is 12.4. The van der Waals surface area contributed by atoms with Crippen LogP contribution >= 0.6 is 0 Å². The molecular weight excluding hydrogens is 320 g/mol. The first-order valence-corrected chi connectivity index (χ1v) is 11.0. The summed E-state index contributed by atoms with van der Waals surface area (Å²) in [6.45, 7) is 11.4. The van der Waals surface area contributed by atoms with Gasteiger partial charge in [-0.05, 0) is 28.3 Å². The Morgan fingerprint density at radius 1 is 0.920 bits per heavy atom. The van der Waals surface area contributed by atoms with Crippen molar-refractivity contribution in [3.63, 3.8) is 0 Å². The van der Waals surface area contributed by atoms with E-state index in [1.807, 2.05) is 12.2 Å². The molecule has 0 spiro atoms. The maximum atomic E-state index is 6.83. The van der Waals surface area contributed by atoms with Gasteiger partial charge in [-0.15, -0.1) is 0 Å². The molecule has 2 rings (SSSR count). The van der Waals surface area contributed by atoms with E-state index >= 15 is 0 Å². The lowest BCUT2D eigenvalue weighted by atomic mass is 10.2. The van der Waals surface area contributed by atoms with Gasteiger partial charge in [0.25, 0.3) is 8.32 Å². The molecule has 2 aromatic rings. The van der Waals surface area contributed by atoms with E-state index in [-0.39, 0.29) is 5.04 Å². The van der Waals surface area contributed by atoms with Gasteiger partial charge in [0.15, 0.2) is 0 Å². The average Bonchev–Trinajstić information content (AvgIpc) is 2.62. The van der Waals surface area contributed by atoms with Gasteiger partial charge < -0.3 is 4.43 Å². The van der Waals surface area contributed by atoms with Crippen LogP contribution in [0.25, 0.3) is 0 Å². The summed E-state index contributed by atoms with van der Waals surface area (Å²) in [5.41, 5.74) is 0. The lowest BCUT2D eigenvalue weighted by Crippen LogP contribution is -2.66. The molecule has 0 heterocycles. The minimum atomic E-state index is -2.36. The molecule has 2 heteroatoms. The average molecular weight is 351 g/mol. The van der Waals surface area contributed by atoms with Gasteiger partial charge in [-0.1, -0.05) is 106 Å². The van der Waals surface area contributed by atoms with Crippen LogP contribution in [-0.4, -0.2) is 14.9 Å². The molecule has 0 N–H and O–H groups in total. The molecule has 0 fully saturated rings. The van der Waals surface area contributed by atoms with Gasteiger partial charge in [0.1, 0.15) is 0 Å². The second kappa shape index (κ2) is 8.98. The van der Waals surface area contributed by atoms with Gasteiger partial charge in [-0.25, -0.2) is 0 Å². The van der Waals surface area contributed by atoms with Crippen molar-refractivity contribution in [3.8, 4) is 0 Å². The zero-order valence-corrected chi connectivity index (χ0v) is 16.7. The SMILES string of the molecule is C=C/C=C/CCCO[Si](c1ccccc1)(c1ccccc1)C(C)(C)C. The highest BCUT2D eigenvalue weighted by molar-refractivity contribution is 6.99. The predicted octanol–water partition coefficient (Wildman–Crippen LogP) is 5.09. The largest absolute Gasteiger partial charge is 0.407 e. The topological polar surface area (TPSA) is 9.23 Å². The molecule has 0 aliphatic carbocycles. The van der Waals surface area contributed by atoms with Crippen LogP contribution < -0.4 is 10.4 Å². The molecule has 0 amide bonds. The van der Waals surface area contributed by atoms with Crippen LogP contribution in [0.4, 0.5) is 0 Å². The second-order valence-electron chi connectivity index (χ2n) is 7.32. The van der Waals surface area contributed by atoms with Gasteiger partial charge in [0, 0.05) is 6.61 Å². The highest BCUT2D eigenvalue weighted by atomic mass is 28.4. The van der Waals surface area contributed by atoms with Gasteiger partial charge in [0.2, 0.25) is 0 Å². The zero-order chi connectivity index (χ0) is 18.2. The quantitative estimate of drug-likeness (QED) is 0.366. The van der Waals surface area contributed by atoms with Gasteiger partial charge >= 0.3 is 0 Å². The number of allylic oxidation sites excluding steroid dienone is 3. The predicted molar refractivity (Wildman–Crippen MR) is 112 cm³/mol. The molecule has 132 valence electrons. The van der Waals surface area contributed by atoms with E-state index in [0.29, 0.717) is 0 Å². The lowest BCUT2D eigenvalue weighted by Gasteiger charge is -2.43. The number of hydrogen-bond acceptors (Lipinski definition) is 1. The molecule has 0 bridgehead atoms. The van der Waals surface area contributed by atoms with Crippen molar-refractivity contribution < 1.29 is 4.43 Å². The Hall–Kier alpha value is -1.90. The van der Waals surface area contributed by atoms with Crippen molar-refractivity contribution in [2.24, 2.45) is 0 Å².